The van der Waals surface area contributed by atoms with E-state index in [1.165, 1.54) is 12.1 Å². The summed E-state index contributed by atoms with van der Waals surface area (Å²) in [4.78, 5) is 14.1. The van der Waals surface area contributed by atoms with Crippen LogP contribution in [0.5, 0.6) is 0 Å². The molecule has 0 spiro atoms. The van der Waals surface area contributed by atoms with Crippen LogP contribution < -0.4 is 0 Å². The van der Waals surface area contributed by atoms with E-state index in [0.717, 1.165) is 30.8 Å². The molecule has 4 nitrogen and oxygen atoms in total. The summed E-state index contributed by atoms with van der Waals surface area (Å²) in [7, 11) is 0. The van der Waals surface area contributed by atoms with Gasteiger partial charge >= 0.3 is 0 Å². The molecule has 2 aromatic rings. The number of benzene rings is 1. The summed E-state index contributed by atoms with van der Waals surface area (Å²) in [6.07, 6.45) is 4.15. The number of aromatic nitrogens is 2. The Morgan fingerprint density at radius 2 is 2.23 bits per heavy atom. The molecule has 116 valence electrons. The van der Waals surface area contributed by atoms with Gasteiger partial charge in [-0.15, -0.1) is 0 Å². The van der Waals surface area contributed by atoms with E-state index in [-0.39, 0.29) is 11.7 Å². The molecule has 0 unspecified atom stereocenters. The van der Waals surface area contributed by atoms with Crippen molar-refractivity contribution in [1.29, 1.82) is 0 Å². The van der Waals surface area contributed by atoms with E-state index in [2.05, 4.69) is 21.0 Å². The van der Waals surface area contributed by atoms with E-state index in [1.54, 1.807) is 6.07 Å². The maximum atomic E-state index is 13.0. The molecule has 0 saturated carbocycles. The number of likely N-dealkylation sites (tertiary alicyclic amines) is 1. The quantitative estimate of drug-likeness (QED) is 0.835. The predicted octanol–water partition coefficient (Wildman–Crippen LogP) is 2.79. The molecule has 0 atom stereocenters. The molecule has 1 saturated heterocycles. The standard InChI is InChI=1S/C16H17BrFN3O/c1-11-6-19-21(7-11)10-12-8-20(9-12)16(22)4-13-2-3-14(18)5-15(13)17/h2-3,5-7,12H,4,8-10H2,1H3. The van der Waals surface area contributed by atoms with Gasteiger partial charge in [0.15, 0.2) is 0 Å². The minimum Gasteiger partial charge on any atom is -0.342 e. The largest absolute Gasteiger partial charge is 0.342 e. The summed E-state index contributed by atoms with van der Waals surface area (Å²) in [6, 6.07) is 4.43. The summed E-state index contributed by atoms with van der Waals surface area (Å²) in [5.41, 5.74) is 1.96. The summed E-state index contributed by atoms with van der Waals surface area (Å²) in [5, 5.41) is 4.27. The fourth-order valence-corrected chi connectivity index (χ4v) is 3.15. The van der Waals surface area contributed by atoms with E-state index >= 15 is 0 Å². The number of carbonyl (C=O) groups is 1. The first-order valence-electron chi connectivity index (χ1n) is 7.22. The van der Waals surface area contributed by atoms with E-state index in [9.17, 15) is 9.18 Å². The molecule has 1 amide bonds. The van der Waals surface area contributed by atoms with Gasteiger partial charge in [0.1, 0.15) is 5.82 Å². The molecule has 0 aliphatic carbocycles. The highest BCUT2D eigenvalue weighted by Crippen LogP contribution is 2.22. The molecule has 1 aliphatic rings. The van der Waals surface area contributed by atoms with Crippen molar-refractivity contribution in [2.75, 3.05) is 13.1 Å². The molecule has 0 N–H and O–H groups in total. The van der Waals surface area contributed by atoms with Crippen LogP contribution in [0.2, 0.25) is 0 Å². The minimum atomic E-state index is -0.304. The maximum Gasteiger partial charge on any atom is 0.227 e. The molecule has 1 aromatic heterocycles. The van der Waals surface area contributed by atoms with Gasteiger partial charge in [0, 0.05) is 36.2 Å². The lowest BCUT2D eigenvalue weighted by atomic mass is 9.99. The van der Waals surface area contributed by atoms with E-state index < -0.39 is 0 Å². The molecule has 1 aromatic carbocycles. The van der Waals surface area contributed by atoms with Crippen molar-refractivity contribution in [3.05, 3.63) is 52.0 Å². The van der Waals surface area contributed by atoms with Gasteiger partial charge in [0.25, 0.3) is 0 Å². The second kappa shape index (κ2) is 6.20. The van der Waals surface area contributed by atoms with Crippen molar-refractivity contribution < 1.29 is 9.18 Å². The number of hydrogen-bond acceptors (Lipinski definition) is 2. The lowest BCUT2D eigenvalue weighted by molar-refractivity contribution is -0.137. The third-order valence-electron chi connectivity index (χ3n) is 3.87. The van der Waals surface area contributed by atoms with E-state index in [4.69, 9.17) is 0 Å². The first-order valence-corrected chi connectivity index (χ1v) is 8.01. The molecular weight excluding hydrogens is 349 g/mol. The smallest absolute Gasteiger partial charge is 0.227 e. The van der Waals surface area contributed by atoms with Gasteiger partial charge in [-0.2, -0.15) is 5.10 Å². The third kappa shape index (κ3) is 3.38. The second-order valence-corrected chi connectivity index (χ2v) is 6.67. The number of aryl methyl sites for hydroxylation is 1. The average Bonchev–Trinajstić information content (AvgIpc) is 2.82. The Kier molecular flexibility index (Phi) is 4.29. The zero-order valence-corrected chi connectivity index (χ0v) is 13.9. The van der Waals surface area contributed by atoms with Crippen molar-refractivity contribution in [1.82, 2.24) is 14.7 Å². The van der Waals surface area contributed by atoms with Gasteiger partial charge in [-0.05, 0) is 30.2 Å². The molecule has 22 heavy (non-hydrogen) atoms. The normalized spacial score (nSPS) is 15.0. The van der Waals surface area contributed by atoms with Crippen LogP contribution in [0, 0.1) is 18.7 Å². The monoisotopic (exact) mass is 365 g/mol. The lowest BCUT2D eigenvalue weighted by Gasteiger charge is -2.39. The Morgan fingerprint density at radius 1 is 1.45 bits per heavy atom. The Morgan fingerprint density at radius 3 is 2.86 bits per heavy atom. The van der Waals surface area contributed by atoms with E-state index in [0.29, 0.717) is 16.8 Å². The second-order valence-electron chi connectivity index (χ2n) is 5.82. The van der Waals surface area contributed by atoms with Gasteiger partial charge in [-0.25, -0.2) is 4.39 Å². The van der Waals surface area contributed by atoms with Crippen LogP contribution in [0.3, 0.4) is 0 Å². The summed E-state index contributed by atoms with van der Waals surface area (Å²) in [6.45, 7) is 4.38. The van der Waals surface area contributed by atoms with Crippen molar-refractivity contribution in [3.63, 3.8) is 0 Å². The number of hydrogen-bond donors (Lipinski definition) is 0. The highest BCUT2D eigenvalue weighted by Gasteiger charge is 2.31. The Bertz CT molecular complexity index is 694. The van der Waals surface area contributed by atoms with Gasteiger partial charge in [0.2, 0.25) is 5.91 Å². The van der Waals surface area contributed by atoms with Gasteiger partial charge in [0.05, 0.1) is 12.6 Å². The molecule has 6 heteroatoms. The predicted molar refractivity (Wildman–Crippen MR) is 84.8 cm³/mol. The molecule has 1 aliphatic heterocycles. The Balaban J connectivity index is 1.51. The van der Waals surface area contributed by atoms with Crippen molar-refractivity contribution in [2.45, 2.75) is 19.9 Å². The molecule has 0 bridgehead atoms. The Hall–Kier alpha value is -1.69. The molecule has 0 radical (unpaired) electrons. The van der Waals surface area contributed by atoms with Crippen LogP contribution in [0.4, 0.5) is 4.39 Å². The highest BCUT2D eigenvalue weighted by atomic mass is 79.9. The lowest BCUT2D eigenvalue weighted by Crippen LogP contribution is -2.52. The average molecular weight is 366 g/mol. The van der Waals surface area contributed by atoms with E-state index in [1.807, 2.05) is 28.9 Å². The number of nitrogens with zero attached hydrogens (tertiary/aromatic N) is 3. The van der Waals surface area contributed by atoms with Gasteiger partial charge < -0.3 is 4.90 Å². The number of halogens is 2. The fourth-order valence-electron chi connectivity index (χ4n) is 2.66. The van der Waals surface area contributed by atoms with Crippen LogP contribution in [-0.4, -0.2) is 33.7 Å². The SMILES string of the molecule is Cc1cnn(CC2CN(C(=O)Cc3ccc(F)cc3Br)C2)c1. The first-order chi connectivity index (χ1) is 10.5. The van der Waals surface area contributed by atoms with Crippen LogP contribution in [0.15, 0.2) is 35.1 Å². The van der Waals surface area contributed by atoms with Gasteiger partial charge in [-0.3, -0.25) is 9.48 Å². The number of carbonyl (C=O) groups excluding carboxylic acids is 1. The van der Waals surface area contributed by atoms with Crippen LogP contribution in [-0.2, 0) is 17.8 Å². The van der Waals surface area contributed by atoms with Crippen molar-refractivity contribution >= 4 is 21.8 Å². The fraction of sp³-hybridized carbons (Fsp3) is 0.375. The molecular formula is C16H17BrFN3O. The third-order valence-corrected chi connectivity index (χ3v) is 4.61. The van der Waals surface area contributed by atoms with Crippen molar-refractivity contribution in [2.24, 2.45) is 5.92 Å². The maximum absolute atomic E-state index is 13.0. The number of rotatable bonds is 4. The molecule has 2 heterocycles. The summed E-state index contributed by atoms with van der Waals surface area (Å²) >= 11 is 3.30. The zero-order chi connectivity index (χ0) is 15.7. The van der Waals surface area contributed by atoms with Crippen LogP contribution in [0.1, 0.15) is 11.1 Å². The first kappa shape index (κ1) is 15.2. The Labute approximate surface area is 137 Å². The minimum absolute atomic E-state index is 0.0835. The van der Waals surface area contributed by atoms with Crippen molar-refractivity contribution in [3.8, 4) is 0 Å². The summed E-state index contributed by atoms with van der Waals surface area (Å²) in [5.74, 6) is 0.238. The highest BCUT2D eigenvalue weighted by molar-refractivity contribution is 9.10. The van der Waals surface area contributed by atoms with Crippen LogP contribution in [0.25, 0.3) is 0 Å². The zero-order valence-electron chi connectivity index (χ0n) is 12.3. The molecule has 3 rings (SSSR count). The van der Waals surface area contributed by atoms with Crippen LogP contribution >= 0.6 is 15.9 Å². The number of amides is 1. The molecule has 1 fully saturated rings. The summed E-state index contributed by atoms with van der Waals surface area (Å²) < 4.78 is 15.6. The topological polar surface area (TPSA) is 38.1 Å². The van der Waals surface area contributed by atoms with Gasteiger partial charge in [-0.1, -0.05) is 22.0 Å².